The number of hydrogen-bond donors (Lipinski definition) is 2. The lowest BCUT2D eigenvalue weighted by Gasteiger charge is -2.10. The first-order chi connectivity index (χ1) is 10.1. The van der Waals surface area contributed by atoms with Gasteiger partial charge in [-0.1, -0.05) is 13.8 Å². The van der Waals surface area contributed by atoms with Gasteiger partial charge < -0.3 is 10.6 Å². The first-order valence-electron chi connectivity index (χ1n) is 6.97. The SMILES string of the molecule is CC(C)CNC(=O)CCNc1ccnc2cc(Br)cnc12. The molecule has 2 N–H and O–H groups in total. The van der Waals surface area contributed by atoms with Gasteiger partial charge in [-0.25, -0.2) is 0 Å². The third-order valence-corrected chi connectivity index (χ3v) is 3.35. The predicted octanol–water partition coefficient (Wildman–Crippen LogP) is 2.97. The highest BCUT2D eigenvalue weighted by molar-refractivity contribution is 9.10. The Morgan fingerprint density at radius 2 is 2.19 bits per heavy atom. The minimum absolute atomic E-state index is 0.0604. The number of carbonyl (C=O) groups is 1. The van der Waals surface area contributed by atoms with Gasteiger partial charge in [-0.05, 0) is 34.0 Å². The van der Waals surface area contributed by atoms with Crippen molar-refractivity contribution in [1.29, 1.82) is 0 Å². The molecule has 2 aromatic rings. The van der Waals surface area contributed by atoms with Crippen molar-refractivity contribution >= 4 is 38.6 Å². The van der Waals surface area contributed by atoms with Gasteiger partial charge in [-0.2, -0.15) is 0 Å². The summed E-state index contributed by atoms with van der Waals surface area (Å²) < 4.78 is 0.896. The minimum Gasteiger partial charge on any atom is -0.383 e. The number of pyridine rings is 2. The molecule has 0 aromatic carbocycles. The third kappa shape index (κ3) is 4.67. The molecule has 0 aliphatic rings. The smallest absolute Gasteiger partial charge is 0.221 e. The Hall–Kier alpha value is -1.69. The fourth-order valence-electron chi connectivity index (χ4n) is 1.87. The molecular weight excluding hydrogens is 332 g/mol. The average Bonchev–Trinajstić information content (AvgIpc) is 2.45. The number of rotatable bonds is 6. The molecule has 2 heterocycles. The van der Waals surface area contributed by atoms with Crippen LogP contribution in [0.2, 0.25) is 0 Å². The highest BCUT2D eigenvalue weighted by Gasteiger charge is 2.05. The van der Waals surface area contributed by atoms with Gasteiger partial charge >= 0.3 is 0 Å². The molecule has 1 amide bonds. The van der Waals surface area contributed by atoms with Crippen LogP contribution in [0.3, 0.4) is 0 Å². The largest absolute Gasteiger partial charge is 0.383 e. The Morgan fingerprint density at radius 3 is 2.95 bits per heavy atom. The zero-order valence-corrected chi connectivity index (χ0v) is 13.8. The van der Waals surface area contributed by atoms with Gasteiger partial charge in [0.1, 0.15) is 5.52 Å². The van der Waals surface area contributed by atoms with Gasteiger partial charge in [-0.15, -0.1) is 0 Å². The second kappa shape index (κ2) is 7.36. The highest BCUT2D eigenvalue weighted by atomic mass is 79.9. The van der Waals surface area contributed by atoms with Crippen LogP contribution in [0.15, 0.2) is 29.0 Å². The number of hydrogen-bond acceptors (Lipinski definition) is 4. The van der Waals surface area contributed by atoms with Crippen molar-refractivity contribution in [2.24, 2.45) is 5.92 Å². The molecule has 5 nitrogen and oxygen atoms in total. The first kappa shape index (κ1) is 15.7. The summed E-state index contributed by atoms with van der Waals surface area (Å²) in [7, 11) is 0. The van der Waals surface area contributed by atoms with Gasteiger partial charge in [0.05, 0.1) is 11.2 Å². The van der Waals surface area contributed by atoms with Gasteiger partial charge in [0.2, 0.25) is 5.91 Å². The Morgan fingerprint density at radius 1 is 1.38 bits per heavy atom. The maximum Gasteiger partial charge on any atom is 0.221 e. The Balaban J connectivity index is 1.93. The van der Waals surface area contributed by atoms with E-state index in [1.807, 2.05) is 12.1 Å². The van der Waals surface area contributed by atoms with E-state index in [1.165, 1.54) is 0 Å². The fraction of sp³-hybridized carbons (Fsp3) is 0.400. The monoisotopic (exact) mass is 350 g/mol. The van der Waals surface area contributed by atoms with E-state index in [2.05, 4.69) is 50.4 Å². The molecule has 0 saturated carbocycles. The Bertz CT molecular complexity index is 630. The second-order valence-corrected chi connectivity index (χ2v) is 6.17. The maximum absolute atomic E-state index is 11.7. The number of aromatic nitrogens is 2. The predicted molar refractivity (Wildman–Crippen MR) is 88.2 cm³/mol. The Labute approximate surface area is 132 Å². The van der Waals surface area contributed by atoms with E-state index >= 15 is 0 Å². The summed E-state index contributed by atoms with van der Waals surface area (Å²) in [5.41, 5.74) is 2.52. The van der Waals surface area contributed by atoms with Crippen LogP contribution in [0, 0.1) is 5.92 Å². The van der Waals surface area contributed by atoms with E-state index < -0.39 is 0 Å². The van der Waals surface area contributed by atoms with E-state index in [0.717, 1.165) is 21.2 Å². The van der Waals surface area contributed by atoms with Crippen LogP contribution in [-0.2, 0) is 4.79 Å². The van der Waals surface area contributed by atoms with Crippen molar-refractivity contribution < 1.29 is 4.79 Å². The van der Waals surface area contributed by atoms with Crippen molar-refractivity contribution in [2.75, 3.05) is 18.4 Å². The summed E-state index contributed by atoms with van der Waals surface area (Å²) in [6, 6.07) is 3.79. The van der Waals surface area contributed by atoms with Gasteiger partial charge in [0.15, 0.2) is 0 Å². The van der Waals surface area contributed by atoms with Crippen LogP contribution in [0.5, 0.6) is 0 Å². The number of carbonyl (C=O) groups excluding carboxylic acids is 1. The quantitative estimate of drug-likeness (QED) is 0.840. The second-order valence-electron chi connectivity index (χ2n) is 5.25. The molecule has 6 heteroatoms. The van der Waals surface area contributed by atoms with Crippen molar-refractivity contribution in [3.8, 4) is 0 Å². The molecule has 0 unspecified atom stereocenters. The summed E-state index contributed by atoms with van der Waals surface area (Å²) in [4.78, 5) is 20.3. The molecule has 0 spiro atoms. The van der Waals surface area contributed by atoms with E-state index in [9.17, 15) is 4.79 Å². The number of nitrogens with zero attached hydrogens (tertiary/aromatic N) is 2. The molecule has 2 rings (SSSR count). The van der Waals surface area contributed by atoms with Crippen molar-refractivity contribution in [3.05, 3.63) is 29.0 Å². The normalized spacial score (nSPS) is 10.9. The fourth-order valence-corrected chi connectivity index (χ4v) is 2.18. The molecule has 0 saturated heterocycles. The minimum atomic E-state index is 0.0604. The summed E-state index contributed by atoms with van der Waals surface area (Å²) in [6.45, 7) is 5.43. The molecule has 0 aliphatic heterocycles. The zero-order chi connectivity index (χ0) is 15.2. The molecule has 0 radical (unpaired) electrons. The van der Waals surface area contributed by atoms with Crippen LogP contribution in [0.4, 0.5) is 5.69 Å². The molecule has 21 heavy (non-hydrogen) atoms. The van der Waals surface area contributed by atoms with Crippen molar-refractivity contribution in [3.63, 3.8) is 0 Å². The molecule has 0 fully saturated rings. The number of fused-ring (bicyclic) bond motifs is 1. The third-order valence-electron chi connectivity index (χ3n) is 2.92. The summed E-state index contributed by atoms with van der Waals surface area (Å²) in [5.74, 6) is 0.527. The number of anilines is 1. The molecular formula is C15H19BrN4O. The van der Waals surface area contributed by atoms with Crippen LogP contribution in [-0.4, -0.2) is 29.0 Å². The Kier molecular flexibility index (Phi) is 5.50. The molecule has 0 bridgehead atoms. The summed E-state index contributed by atoms with van der Waals surface area (Å²) >= 11 is 3.38. The first-order valence-corrected chi connectivity index (χ1v) is 7.76. The van der Waals surface area contributed by atoms with Gasteiger partial charge in [0.25, 0.3) is 0 Å². The standard InChI is InChI=1S/C15H19BrN4O/c1-10(2)8-19-14(21)4-6-17-12-3-5-18-13-7-11(16)9-20-15(12)13/h3,5,7,9-10H,4,6,8H2,1-2H3,(H,17,18)(H,19,21). The van der Waals surface area contributed by atoms with E-state index in [0.29, 0.717) is 25.4 Å². The lowest BCUT2D eigenvalue weighted by molar-refractivity contribution is -0.120. The van der Waals surface area contributed by atoms with Crippen LogP contribution >= 0.6 is 15.9 Å². The molecule has 0 aliphatic carbocycles. The molecule has 0 atom stereocenters. The number of amides is 1. The van der Waals surface area contributed by atoms with Crippen molar-refractivity contribution in [1.82, 2.24) is 15.3 Å². The van der Waals surface area contributed by atoms with Crippen LogP contribution in [0.25, 0.3) is 11.0 Å². The van der Waals surface area contributed by atoms with Crippen molar-refractivity contribution in [2.45, 2.75) is 20.3 Å². The summed E-state index contributed by atoms with van der Waals surface area (Å²) in [5, 5.41) is 6.15. The number of nitrogens with one attached hydrogen (secondary N) is 2. The van der Waals surface area contributed by atoms with Gasteiger partial charge in [-0.3, -0.25) is 14.8 Å². The lowest BCUT2D eigenvalue weighted by atomic mass is 10.2. The van der Waals surface area contributed by atoms with E-state index in [-0.39, 0.29) is 5.91 Å². The van der Waals surface area contributed by atoms with E-state index in [4.69, 9.17) is 0 Å². The summed E-state index contributed by atoms with van der Waals surface area (Å²) in [6.07, 6.45) is 3.91. The van der Waals surface area contributed by atoms with Crippen LogP contribution in [0.1, 0.15) is 20.3 Å². The molecule has 112 valence electrons. The maximum atomic E-state index is 11.7. The zero-order valence-electron chi connectivity index (χ0n) is 12.2. The molecule has 2 aromatic heterocycles. The highest BCUT2D eigenvalue weighted by Crippen LogP contribution is 2.21. The topological polar surface area (TPSA) is 66.9 Å². The lowest BCUT2D eigenvalue weighted by Crippen LogP contribution is -2.28. The van der Waals surface area contributed by atoms with Crippen LogP contribution < -0.4 is 10.6 Å². The van der Waals surface area contributed by atoms with E-state index in [1.54, 1.807) is 12.4 Å². The average molecular weight is 351 g/mol. The van der Waals surface area contributed by atoms with Gasteiger partial charge in [0, 0.05) is 36.4 Å². The number of halogens is 1.